The fourth-order valence-corrected chi connectivity index (χ4v) is 2.30. The maximum Gasteiger partial charge on any atom is 0.264 e. The lowest BCUT2D eigenvalue weighted by molar-refractivity contribution is 0.404. The zero-order valence-electron chi connectivity index (χ0n) is 14.2. The monoisotopic (exact) mass is 321 g/mol. The molecule has 0 aliphatic rings. The molecular weight excluding hydrogens is 286 g/mol. The second-order valence-corrected chi connectivity index (χ2v) is 7.21. The summed E-state index contributed by atoms with van der Waals surface area (Å²) in [5.41, 5.74) is 0. The van der Waals surface area contributed by atoms with Gasteiger partial charge in [-0.15, -0.1) is 6.58 Å². The van der Waals surface area contributed by atoms with Crippen molar-refractivity contribution in [1.82, 2.24) is 4.90 Å². The Morgan fingerprint density at radius 3 is 1.95 bits per heavy atom. The van der Waals surface area contributed by atoms with Crippen LogP contribution in [0.4, 0.5) is 0 Å². The largest absolute Gasteiger partial charge is 0.309 e. The maximum atomic E-state index is 10.1. The average Bonchev–Trinajstić information content (AvgIpc) is 2.36. The SMILES string of the molecule is C=CCCCCCCCCC.CN(C)CCCS(=O)(=O)O. The van der Waals surface area contributed by atoms with Gasteiger partial charge in [-0.05, 0) is 39.9 Å². The summed E-state index contributed by atoms with van der Waals surface area (Å²) in [4.78, 5) is 1.87. The summed E-state index contributed by atoms with van der Waals surface area (Å²) in [7, 11) is -0.0441. The number of hydrogen-bond acceptors (Lipinski definition) is 3. The minimum Gasteiger partial charge on any atom is -0.309 e. The van der Waals surface area contributed by atoms with E-state index in [4.69, 9.17) is 4.55 Å². The second-order valence-electron chi connectivity index (χ2n) is 5.64. The molecule has 128 valence electrons. The molecule has 0 aliphatic carbocycles. The molecule has 0 atom stereocenters. The Morgan fingerprint density at radius 2 is 1.52 bits per heavy atom. The van der Waals surface area contributed by atoms with Crippen LogP contribution in [0, 0.1) is 0 Å². The van der Waals surface area contributed by atoms with Crippen molar-refractivity contribution in [1.29, 1.82) is 0 Å². The van der Waals surface area contributed by atoms with Gasteiger partial charge in [0.15, 0.2) is 0 Å². The van der Waals surface area contributed by atoms with Crippen molar-refractivity contribution in [2.75, 3.05) is 26.4 Å². The van der Waals surface area contributed by atoms with Crippen molar-refractivity contribution in [2.24, 2.45) is 0 Å². The zero-order valence-corrected chi connectivity index (χ0v) is 15.0. The van der Waals surface area contributed by atoms with Gasteiger partial charge in [0.25, 0.3) is 10.1 Å². The van der Waals surface area contributed by atoms with E-state index < -0.39 is 10.1 Å². The smallest absolute Gasteiger partial charge is 0.264 e. The molecule has 0 bridgehead atoms. The van der Waals surface area contributed by atoms with Gasteiger partial charge in [0.2, 0.25) is 0 Å². The Labute approximate surface area is 132 Å². The van der Waals surface area contributed by atoms with E-state index in [1.165, 1.54) is 51.4 Å². The summed E-state index contributed by atoms with van der Waals surface area (Å²) in [5, 5.41) is 0. The minimum absolute atomic E-state index is 0.148. The molecule has 0 heterocycles. The molecule has 0 saturated heterocycles. The van der Waals surface area contributed by atoms with E-state index in [2.05, 4.69) is 13.5 Å². The van der Waals surface area contributed by atoms with E-state index in [0.29, 0.717) is 13.0 Å². The molecule has 0 aliphatic heterocycles. The van der Waals surface area contributed by atoms with Crippen LogP contribution >= 0.6 is 0 Å². The molecule has 0 spiro atoms. The highest BCUT2D eigenvalue weighted by Crippen LogP contribution is 2.07. The molecule has 0 unspecified atom stereocenters. The third-order valence-corrected chi connectivity index (χ3v) is 3.82. The maximum absolute atomic E-state index is 10.1. The second kappa shape index (κ2) is 16.0. The number of rotatable bonds is 12. The highest BCUT2D eigenvalue weighted by molar-refractivity contribution is 7.85. The summed E-state index contributed by atoms with van der Waals surface area (Å²) in [6.45, 7) is 6.65. The molecule has 0 aromatic heterocycles. The predicted molar refractivity (Wildman–Crippen MR) is 92.4 cm³/mol. The fraction of sp³-hybridized carbons (Fsp3) is 0.875. The first-order valence-electron chi connectivity index (χ1n) is 8.04. The lowest BCUT2D eigenvalue weighted by Gasteiger charge is -2.06. The molecule has 1 N–H and O–H groups in total. The summed E-state index contributed by atoms with van der Waals surface area (Å²) in [5.74, 6) is -0.148. The lowest BCUT2D eigenvalue weighted by atomic mass is 10.1. The predicted octanol–water partition coefficient (Wildman–Crippen LogP) is 4.14. The summed E-state index contributed by atoms with van der Waals surface area (Å²) >= 11 is 0. The molecule has 21 heavy (non-hydrogen) atoms. The van der Waals surface area contributed by atoms with Crippen molar-refractivity contribution in [3.05, 3.63) is 12.7 Å². The van der Waals surface area contributed by atoms with E-state index in [0.717, 1.165) is 0 Å². The number of hydrogen-bond donors (Lipinski definition) is 1. The molecule has 0 amide bonds. The number of unbranched alkanes of at least 4 members (excludes halogenated alkanes) is 7. The molecule has 0 radical (unpaired) electrons. The van der Waals surface area contributed by atoms with Gasteiger partial charge >= 0.3 is 0 Å². The number of allylic oxidation sites excluding steroid dienone is 1. The van der Waals surface area contributed by atoms with Crippen molar-refractivity contribution in [3.63, 3.8) is 0 Å². The van der Waals surface area contributed by atoms with Crippen molar-refractivity contribution >= 4 is 10.1 Å². The highest BCUT2D eigenvalue weighted by atomic mass is 32.2. The van der Waals surface area contributed by atoms with Gasteiger partial charge in [0.05, 0.1) is 5.75 Å². The molecule has 0 fully saturated rings. The van der Waals surface area contributed by atoms with Gasteiger partial charge in [-0.2, -0.15) is 8.42 Å². The summed E-state index contributed by atoms with van der Waals surface area (Å²) in [6, 6.07) is 0. The van der Waals surface area contributed by atoms with Gasteiger partial charge in [-0.3, -0.25) is 4.55 Å². The van der Waals surface area contributed by atoms with E-state index in [-0.39, 0.29) is 5.75 Å². The van der Waals surface area contributed by atoms with Crippen LogP contribution in [0.1, 0.15) is 64.7 Å². The first kappa shape index (κ1) is 22.9. The third-order valence-electron chi connectivity index (χ3n) is 3.02. The van der Waals surface area contributed by atoms with Crippen LogP contribution in [-0.2, 0) is 10.1 Å². The number of nitrogens with zero attached hydrogens (tertiary/aromatic N) is 1. The Hall–Kier alpha value is -0.390. The fourth-order valence-electron chi connectivity index (χ4n) is 1.81. The van der Waals surface area contributed by atoms with Gasteiger partial charge in [-0.25, -0.2) is 0 Å². The first-order valence-corrected chi connectivity index (χ1v) is 9.65. The molecule has 5 heteroatoms. The standard InChI is InChI=1S/C11H22.C5H13NO3S/c1-3-5-7-9-11-10-8-6-4-2;1-6(2)4-3-5-10(7,8)9/h3H,1,4-11H2,2H3;3-5H2,1-2H3,(H,7,8,9). The normalized spacial score (nSPS) is 11.1. The van der Waals surface area contributed by atoms with E-state index in [1.54, 1.807) is 0 Å². The summed E-state index contributed by atoms with van der Waals surface area (Å²) < 4.78 is 28.6. The van der Waals surface area contributed by atoms with Gasteiger partial charge in [0, 0.05) is 0 Å². The van der Waals surface area contributed by atoms with Gasteiger partial charge in [-0.1, -0.05) is 51.5 Å². The van der Waals surface area contributed by atoms with Crippen LogP contribution in [0.3, 0.4) is 0 Å². The van der Waals surface area contributed by atoms with Gasteiger partial charge < -0.3 is 4.90 Å². The Bertz CT molecular complexity index is 313. The zero-order chi connectivity index (χ0) is 16.6. The summed E-state index contributed by atoms with van der Waals surface area (Å²) in [6.07, 6.45) is 13.5. The first-order chi connectivity index (χ1) is 9.83. The molecule has 0 aromatic carbocycles. The third kappa shape index (κ3) is 28.5. The lowest BCUT2D eigenvalue weighted by Crippen LogP contribution is -2.16. The Balaban J connectivity index is 0. The van der Waals surface area contributed by atoms with E-state index >= 15 is 0 Å². The van der Waals surface area contributed by atoms with Crippen LogP contribution in [0.25, 0.3) is 0 Å². The van der Waals surface area contributed by atoms with Crippen LogP contribution in [0.2, 0.25) is 0 Å². The van der Waals surface area contributed by atoms with Crippen LogP contribution < -0.4 is 0 Å². The molecule has 0 rings (SSSR count). The van der Waals surface area contributed by atoms with Crippen LogP contribution in [0.15, 0.2) is 12.7 Å². The Kier molecular flexibility index (Phi) is 17.4. The van der Waals surface area contributed by atoms with Crippen molar-refractivity contribution in [3.8, 4) is 0 Å². The van der Waals surface area contributed by atoms with E-state index in [1.807, 2.05) is 25.1 Å². The molecule has 4 nitrogen and oxygen atoms in total. The Morgan fingerprint density at radius 1 is 1.00 bits per heavy atom. The van der Waals surface area contributed by atoms with Crippen molar-refractivity contribution in [2.45, 2.75) is 64.7 Å². The molecule has 0 saturated carbocycles. The molecular formula is C16H35NO3S. The topological polar surface area (TPSA) is 57.6 Å². The van der Waals surface area contributed by atoms with Gasteiger partial charge in [0.1, 0.15) is 0 Å². The molecule has 0 aromatic rings. The quantitative estimate of drug-likeness (QED) is 0.333. The average molecular weight is 322 g/mol. The van der Waals surface area contributed by atoms with Crippen LogP contribution in [-0.4, -0.2) is 44.3 Å². The minimum atomic E-state index is -3.75. The van der Waals surface area contributed by atoms with E-state index in [9.17, 15) is 8.42 Å². The highest BCUT2D eigenvalue weighted by Gasteiger charge is 2.02. The van der Waals surface area contributed by atoms with Crippen LogP contribution in [0.5, 0.6) is 0 Å². The van der Waals surface area contributed by atoms with Crippen molar-refractivity contribution < 1.29 is 13.0 Å².